The van der Waals surface area contributed by atoms with Crippen LogP contribution in [0.25, 0.3) is 0 Å². The largest absolute Gasteiger partial charge is 0.481 e. The van der Waals surface area contributed by atoms with Gasteiger partial charge in [0.15, 0.2) is 0 Å². The van der Waals surface area contributed by atoms with Crippen molar-refractivity contribution in [3.05, 3.63) is 29.8 Å². The summed E-state index contributed by atoms with van der Waals surface area (Å²) >= 11 is 0. The third kappa shape index (κ3) is 4.25. The van der Waals surface area contributed by atoms with E-state index in [1.54, 1.807) is 24.3 Å². The Hall–Kier alpha value is -2.37. The third-order valence-electron chi connectivity index (χ3n) is 2.43. The van der Waals surface area contributed by atoms with E-state index in [0.717, 1.165) is 0 Å². The fraction of sp³-hybridized carbons (Fsp3) is 0.250. The fourth-order valence-corrected chi connectivity index (χ4v) is 1.55. The number of nitrogens with one attached hydrogen (secondary N) is 1. The predicted octanol–water partition coefficient (Wildman–Crippen LogP) is 0.973. The van der Waals surface area contributed by atoms with Gasteiger partial charge in [0.25, 0.3) is 0 Å². The number of anilines is 1. The van der Waals surface area contributed by atoms with E-state index < -0.39 is 24.3 Å². The molecule has 0 spiro atoms. The van der Waals surface area contributed by atoms with Gasteiger partial charge in [-0.3, -0.25) is 14.4 Å². The molecule has 0 saturated carbocycles. The van der Waals surface area contributed by atoms with Crippen molar-refractivity contribution in [1.29, 1.82) is 0 Å². The van der Waals surface area contributed by atoms with Crippen molar-refractivity contribution in [1.82, 2.24) is 0 Å². The van der Waals surface area contributed by atoms with Crippen LogP contribution in [0.1, 0.15) is 12.0 Å². The Morgan fingerprint density at radius 1 is 1.22 bits per heavy atom. The Bertz CT molecular complexity index is 440. The minimum Gasteiger partial charge on any atom is -0.481 e. The molecule has 0 heterocycles. The zero-order valence-electron chi connectivity index (χ0n) is 9.50. The fourth-order valence-electron chi connectivity index (χ4n) is 1.55. The van der Waals surface area contributed by atoms with E-state index in [9.17, 15) is 14.4 Å². The maximum Gasteiger partial charge on any atom is 0.307 e. The van der Waals surface area contributed by atoms with Gasteiger partial charge in [0.05, 0.1) is 12.3 Å². The summed E-state index contributed by atoms with van der Waals surface area (Å²) in [6.45, 7) is 0. The van der Waals surface area contributed by atoms with Gasteiger partial charge in [-0.1, -0.05) is 12.1 Å². The number of rotatable bonds is 7. The molecule has 1 rings (SSSR count). The average Bonchev–Trinajstić information content (AvgIpc) is 2.30. The van der Waals surface area contributed by atoms with Gasteiger partial charge < -0.3 is 15.5 Å². The van der Waals surface area contributed by atoms with Gasteiger partial charge in [0, 0.05) is 5.69 Å². The molecule has 6 heteroatoms. The second-order valence-electron chi connectivity index (χ2n) is 3.80. The highest BCUT2D eigenvalue weighted by Crippen LogP contribution is 2.15. The van der Waals surface area contributed by atoms with E-state index in [-0.39, 0.29) is 6.42 Å². The first-order chi connectivity index (χ1) is 8.52. The van der Waals surface area contributed by atoms with Crippen molar-refractivity contribution >= 4 is 24.0 Å². The average molecular weight is 251 g/mol. The van der Waals surface area contributed by atoms with E-state index in [4.69, 9.17) is 10.2 Å². The van der Waals surface area contributed by atoms with Crippen molar-refractivity contribution in [3.8, 4) is 0 Å². The summed E-state index contributed by atoms with van der Waals surface area (Å²) in [6.07, 6.45) is 0.270. The molecule has 6 nitrogen and oxygen atoms in total. The Balaban J connectivity index is 2.71. The van der Waals surface area contributed by atoms with Crippen molar-refractivity contribution in [2.45, 2.75) is 12.8 Å². The van der Waals surface area contributed by atoms with Crippen LogP contribution in [0.3, 0.4) is 0 Å². The van der Waals surface area contributed by atoms with Gasteiger partial charge in [-0.15, -0.1) is 0 Å². The van der Waals surface area contributed by atoms with Crippen LogP contribution in [-0.2, 0) is 20.8 Å². The molecule has 0 radical (unpaired) electrons. The Morgan fingerprint density at radius 2 is 1.83 bits per heavy atom. The number of amides is 1. The van der Waals surface area contributed by atoms with E-state index in [2.05, 4.69) is 5.32 Å². The zero-order valence-corrected chi connectivity index (χ0v) is 9.50. The van der Waals surface area contributed by atoms with Crippen LogP contribution in [0.2, 0.25) is 0 Å². The number of benzene rings is 1. The van der Waals surface area contributed by atoms with E-state index in [1.807, 2.05) is 0 Å². The second-order valence-corrected chi connectivity index (χ2v) is 3.80. The van der Waals surface area contributed by atoms with Crippen LogP contribution in [0, 0.1) is 5.92 Å². The second kappa shape index (κ2) is 6.39. The van der Waals surface area contributed by atoms with Crippen molar-refractivity contribution in [2.24, 2.45) is 5.92 Å². The lowest BCUT2D eigenvalue weighted by atomic mass is 9.96. The molecule has 1 amide bonds. The molecule has 1 aromatic rings. The first-order valence-corrected chi connectivity index (χ1v) is 5.26. The quantitative estimate of drug-likeness (QED) is 0.626. The summed E-state index contributed by atoms with van der Waals surface area (Å²) in [5.74, 6) is -3.22. The van der Waals surface area contributed by atoms with Gasteiger partial charge in [-0.05, 0) is 24.1 Å². The van der Waals surface area contributed by atoms with E-state index in [0.29, 0.717) is 17.7 Å². The van der Waals surface area contributed by atoms with Crippen molar-refractivity contribution in [3.63, 3.8) is 0 Å². The number of carboxylic acids is 2. The minimum atomic E-state index is -1.14. The molecule has 3 N–H and O–H groups in total. The van der Waals surface area contributed by atoms with Gasteiger partial charge in [0.1, 0.15) is 0 Å². The normalized spacial score (nSPS) is 11.6. The van der Waals surface area contributed by atoms with Crippen LogP contribution in [0.4, 0.5) is 5.69 Å². The van der Waals surface area contributed by atoms with Gasteiger partial charge in [-0.2, -0.15) is 0 Å². The molecule has 0 aliphatic carbocycles. The molecule has 0 bridgehead atoms. The number of carboxylic acid groups (broad SMARTS) is 2. The first kappa shape index (κ1) is 13.7. The lowest BCUT2D eigenvalue weighted by Gasteiger charge is -2.10. The molecule has 0 saturated heterocycles. The lowest BCUT2D eigenvalue weighted by molar-refractivity contribution is -0.148. The van der Waals surface area contributed by atoms with Crippen molar-refractivity contribution < 1.29 is 24.6 Å². The monoisotopic (exact) mass is 251 g/mol. The number of hydrogen-bond donors (Lipinski definition) is 3. The topological polar surface area (TPSA) is 104 Å². The minimum absolute atomic E-state index is 0.142. The number of carbonyl (C=O) groups excluding carboxylic acids is 1. The lowest BCUT2D eigenvalue weighted by Crippen LogP contribution is -2.20. The molecule has 1 atom stereocenters. The van der Waals surface area contributed by atoms with Crippen LogP contribution < -0.4 is 5.32 Å². The summed E-state index contributed by atoms with van der Waals surface area (Å²) in [4.78, 5) is 31.6. The number of aliphatic carboxylic acids is 2. The molecule has 0 aliphatic rings. The highest BCUT2D eigenvalue weighted by atomic mass is 16.4. The summed E-state index contributed by atoms with van der Waals surface area (Å²) in [6, 6.07) is 6.57. The van der Waals surface area contributed by atoms with Gasteiger partial charge in [0.2, 0.25) is 6.41 Å². The number of carbonyl (C=O) groups is 3. The smallest absolute Gasteiger partial charge is 0.307 e. The highest BCUT2D eigenvalue weighted by Gasteiger charge is 2.21. The first-order valence-electron chi connectivity index (χ1n) is 5.26. The Morgan fingerprint density at radius 3 is 2.28 bits per heavy atom. The standard InChI is InChI=1S/C12H13NO5/c14-7-13-10-3-1-8(2-4-10)5-9(12(17)18)6-11(15)16/h1-4,7,9H,5-6H2,(H,13,14)(H,15,16)(H,17,18). The van der Waals surface area contributed by atoms with E-state index >= 15 is 0 Å². The SMILES string of the molecule is O=CNc1ccc(CC(CC(=O)O)C(=O)O)cc1. The molecular formula is C12H13NO5. The molecule has 1 unspecified atom stereocenters. The summed E-state index contributed by atoms with van der Waals surface area (Å²) in [5.41, 5.74) is 1.30. The molecular weight excluding hydrogens is 238 g/mol. The van der Waals surface area contributed by atoms with Crippen LogP contribution >= 0.6 is 0 Å². The molecule has 18 heavy (non-hydrogen) atoms. The van der Waals surface area contributed by atoms with Crippen molar-refractivity contribution in [2.75, 3.05) is 5.32 Å². The molecule has 0 aliphatic heterocycles. The summed E-state index contributed by atoms with van der Waals surface area (Å²) in [7, 11) is 0. The summed E-state index contributed by atoms with van der Waals surface area (Å²) < 4.78 is 0. The maximum absolute atomic E-state index is 10.9. The van der Waals surface area contributed by atoms with E-state index in [1.165, 1.54) is 0 Å². The highest BCUT2D eigenvalue weighted by molar-refractivity contribution is 5.78. The van der Waals surface area contributed by atoms with Crippen LogP contribution in [-0.4, -0.2) is 28.6 Å². The van der Waals surface area contributed by atoms with Gasteiger partial charge in [-0.25, -0.2) is 0 Å². The summed E-state index contributed by atoms with van der Waals surface area (Å²) in [5, 5.41) is 20.0. The van der Waals surface area contributed by atoms with Crippen LogP contribution in [0.5, 0.6) is 0 Å². The zero-order chi connectivity index (χ0) is 13.5. The molecule has 0 fully saturated rings. The number of hydrogen-bond acceptors (Lipinski definition) is 3. The molecule has 96 valence electrons. The van der Waals surface area contributed by atoms with Crippen LogP contribution in [0.15, 0.2) is 24.3 Å². The third-order valence-corrected chi connectivity index (χ3v) is 2.43. The Labute approximate surface area is 103 Å². The van der Waals surface area contributed by atoms with Gasteiger partial charge >= 0.3 is 11.9 Å². The predicted molar refractivity (Wildman–Crippen MR) is 63.2 cm³/mol. The molecule has 1 aromatic carbocycles. The Kier molecular flexibility index (Phi) is 4.86. The molecule has 0 aromatic heterocycles. The maximum atomic E-state index is 10.9.